The van der Waals surface area contributed by atoms with Gasteiger partial charge in [0.25, 0.3) is 0 Å². The Labute approximate surface area is 93.5 Å². The molecule has 1 heterocycles. The highest BCUT2D eigenvalue weighted by Crippen LogP contribution is 2.22. The number of hydrogen-bond acceptors (Lipinski definition) is 2. The minimum atomic E-state index is -0.335. The lowest BCUT2D eigenvalue weighted by atomic mass is 9.86. The number of halogens is 1. The molecule has 1 aromatic rings. The molecule has 0 amide bonds. The smallest absolute Gasteiger partial charge is 0.0629 e. The Balaban J connectivity index is 2.70. The molecule has 14 heavy (non-hydrogen) atoms. The van der Waals surface area contributed by atoms with E-state index in [9.17, 15) is 5.11 Å². The number of aliphatic hydroxyl groups excluding tert-OH is 1. The zero-order valence-electron chi connectivity index (χ0n) is 8.79. The zero-order valence-corrected chi connectivity index (χ0v) is 10.4. The van der Waals surface area contributed by atoms with Gasteiger partial charge in [-0.25, -0.2) is 0 Å². The first-order chi connectivity index (χ1) is 6.39. The molecule has 0 saturated carbocycles. The molecule has 0 aliphatic heterocycles. The molecule has 0 bridgehead atoms. The summed E-state index contributed by atoms with van der Waals surface area (Å²) in [6.45, 7) is 6.09. The van der Waals surface area contributed by atoms with Gasteiger partial charge < -0.3 is 5.11 Å². The molecular weight excluding hydrogens is 242 g/mol. The molecule has 1 N–H and O–H groups in total. The van der Waals surface area contributed by atoms with Crippen LogP contribution >= 0.6 is 15.9 Å². The largest absolute Gasteiger partial charge is 0.392 e. The van der Waals surface area contributed by atoms with E-state index in [1.807, 2.05) is 26.8 Å². The maximum Gasteiger partial charge on any atom is 0.0629 e. The average Bonchev–Trinajstić information content (AvgIpc) is 2.02. The number of pyridine rings is 1. The van der Waals surface area contributed by atoms with E-state index in [-0.39, 0.29) is 11.5 Å². The fourth-order valence-corrected chi connectivity index (χ4v) is 1.51. The van der Waals surface area contributed by atoms with Crippen LogP contribution < -0.4 is 0 Å². The van der Waals surface area contributed by atoms with Gasteiger partial charge in [0.1, 0.15) is 0 Å². The molecule has 0 aromatic carbocycles. The standard InChI is InChI=1S/C11H16BrNO/c1-11(2,3)10(14)5-8-4-9(12)7-13-6-8/h4,6-7,10,14H,5H2,1-3H3. The number of aromatic nitrogens is 1. The van der Waals surface area contributed by atoms with Crippen molar-refractivity contribution in [2.75, 3.05) is 0 Å². The van der Waals surface area contributed by atoms with Crippen LogP contribution in [0.3, 0.4) is 0 Å². The summed E-state index contributed by atoms with van der Waals surface area (Å²) in [6.07, 6.45) is 3.85. The summed E-state index contributed by atoms with van der Waals surface area (Å²) in [5.74, 6) is 0. The summed E-state index contributed by atoms with van der Waals surface area (Å²) in [5, 5.41) is 9.89. The molecule has 0 aliphatic rings. The third kappa shape index (κ3) is 3.39. The number of aliphatic hydroxyl groups is 1. The van der Waals surface area contributed by atoms with Gasteiger partial charge in [0.15, 0.2) is 0 Å². The van der Waals surface area contributed by atoms with Crippen LogP contribution in [-0.4, -0.2) is 16.2 Å². The average molecular weight is 258 g/mol. The van der Waals surface area contributed by atoms with Crippen LogP contribution in [0.5, 0.6) is 0 Å². The number of hydrogen-bond donors (Lipinski definition) is 1. The first-order valence-corrected chi connectivity index (χ1v) is 5.46. The zero-order chi connectivity index (χ0) is 10.8. The third-order valence-corrected chi connectivity index (χ3v) is 2.62. The molecule has 1 atom stereocenters. The highest BCUT2D eigenvalue weighted by Gasteiger charge is 2.22. The maximum atomic E-state index is 9.89. The van der Waals surface area contributed by atoms with Gasteiger partial charge in [-0.3, -0.25) is 4.98 Å². The van der Waals surface area contributed by atoms with Gasteiger partial charge in [-0.1, -0.05) is 20.8 Å². The highest BCUT2D eigenvalue weighted by molar-refractivity contribution is 9.10. The first-order valence-electron chi connectivity index (χ1n) is 4.67. The van der Waals surface area contributed by atoms with Crippen molar-refractivity contribution in [3.8, 4) is 0 Å². The maximum absolute atomic E-state index is 9.89. The predicted molar refractivity (Wildman–Crippen MR) is 61.1 cm³/mol. The quantitative estimate of drug-likeness (QED) is 0.884. The van der Waals surface area contributed by atoms with Crippen molar-refractivity contribution >= 4 is 15.9 Å². The van der Waals surface area contributed by atoms with Crippen LogP contribution in [0.2, 0.25) is 0 Å². The first kappa shape index (κ1) is 11.7. The van der Waals surface area contributed by atoms with Crippen molar-refractivity contribution in [3.63, 3.8) is 0 Å². The molecule has 0 aliphatic carbocycles. The molecule has 1 rings (SSSR count). The molecule has 1 unspecified atom stereocenters. The van der Waals surface area contributed by atoms with E-state index in [4.69, 9.17) is 0 Å². The second-order valence-corrected chi connectivity index (χ2v) is 5.51. The van der Waals surface area contributed by atoms with E-state index in [1.54, 1.807) is 12.4 Å². The summed E-state index contributed by atoms with van der Waals surface area (Å²) >= 11 is 3.36. The molecule has 0 spiro atoms. The highest BCUT2D eigenvalue weighted by atomic mass is 79.9. The molecule has 2 nitrogen and oxygen atoms in total. The molecule has 3 heteroatoms. The summed E-state index contributed by atoms with van der Waals surface area (Å²) < 4.78 is 0.955. The number of rotatable bonds is 2. The van der Waals surface area contributed by atoms with Crippen LogP contribution in [0.1, 0.15) is 26.3 Å². The second-order valence-electron chi connectivity index (χ2n) is 4.60. The van der Waals surface area contributed by atoms with E-state index < -0.39 is 0 Å². The fourth-order valence-electron chi connectivity index (χ4n) is 1.10. The monoisotopic (exact) mass is 257 g/mol. The summed E-state index contributed by atoms with van der Waals surface area (Å²) in [4.78, 5) is 4.06. The van der Waals surface area contributed by atoms with Gasteiger partial charge in [-0.05, 0) is 33.0 Å². The van der Waals surface area contributed by atoms with Crippen molar-refractivity contribution in [3.05, 3.63) is 28.5 Å². The normalized spacial score (nSPS) is 14.1. The van der Waals surface area contributed by atoms with Crippen LogP contribution in [0.15, 0.2) is 22.9 Å². The Kier molecular flexibility index (Phi) is 3.67. The lowest BCUT2D eigenvalue weighted by molar-refractivity contribution is 0.0635. The second kappa shape index (κ2) is 4.41. The van der Waals surface area contributed by atoms with Gasteiger partial charge in [0.2, 0.25) is 0 Å². The van der Waals surface area contributed by atoms with Gasteiger partial charge in [-0.2, -0.15) is 0 Å². The molecule has 1 aromatic heterocycles. The summed E-state index contributed by atoms with van der Waals surface area (Å²) in [5.41, 5.74) is 0.976. The minimum Gasteiger partial charge on any atom is -0.392 e. The SMILES string of the molecule is CC(C)(C)C(O)Cc1cncc(Br)c1. The fraction of sp³-hybridized carbons (Fsp3) is 0.545. The van der Waals surface area contributed by atoms with Crippen molar-refractivity contribution in [2.45, 2.75) is 33.3 Å². The van der Waals surface area contributed by atoms with E-state index in [0.29, 0.717) is 6.42 Å². The van der Waals surface area contributed by atoms with Crippen LogP contribution in [0.25, 0.3) is 0 Å². The van der Waals surface area contributed by atoms with Crippen molar-refractivity contribution < 1.29 is 5.11 Å². The van der Waals surface area contributed by atoms with Gasteiger partial charge in [0, 0.05) is 23.3 Å². The third-order valence-electron chi connectivity index (χ3n) is 2.19. The molecule has 0 saturated heterocycles. The Morgan fingerprint density at radius 1 is 1.43 bits per heavy atom. The molecule has 78 valence electrons. The Bertz CT molecular complexity index is 306. The van der Waals surface area contributed by atoms with E-state index in [0.717, 1.165) is 10.0 Å². The van der Waals surface area contributed by atoms with Gasteiger partial charge in [-0.15, -0.1) is 0 Å². The van der Waals surface area contributed by atoms with Crippen LogP contribution in [0.4, 0.5) is 0 Å². The lowest BCUT2D eigenvalue weighted by Gasteiger charge is -2.25. The summed E-state index contributed by atoms with van der Waals surface area (Å²) in [7, 11) is 0. The molecule has 0 fully saturated rings. The molecular formula is C11H16BrNO. The van der Waals surface area contributed by atoms with Crippen LogP contribution in [-0.2, 0) is 6.42 Å². The van der Waals surface area contributed by atoms with E-state index >= 15 is 0 Å². The van der Waals surface area contributed by atoms with Gasteiger partial charge in [0.05, 0.1) is 6.10 Å². The van der Waals surface area contributed by atoms with E-state index in [2.05, 4.69) is 20.9 Å². The summed E-state index contributed by atoms with van der Waals surface area (Å²) in [6, 6.07) is 1.99. The lowest BCUT2D eigenvalue weighted by Crippen LogP contribution is -2.28. The van der Waals surface area contributed by atoms with Gasteiger partial charge >= 0.3 is 0 Å². The Morgan fingerprint density at radius 2 is 2.07 bits per heavy atom. The number of nitrogens with zero attached hydrogens (tertiary/aromatic N) is 1. The van der Waals surface area contributed by atoms with Crippen LogP contribution in [0, 0.1) is 5.41 Å². The topological polar surface area (TPSA) is 33.1 Å². The van der Waals surface area contributed by atoms with Crippen molar-refractivity contribution in [1.29, 1.82) is 0 Å². The predicted octanol–water partition coefficient (Wildman–Crippen LogP) is 2.79. The molecule has 0 radical (unpaired) electrons. The van der Waals surface area contributed by atoms with Crippen molar-refractivity contribution in [1.82, 2.24) is 4.98 Å². The van der Waals surface area contributed by atoms with Crippen molar-refractivity contribution in [2.24, 2.45) is 5.41 Å². The van der Waals surface area contributed by atoms with E-state index in [1.165, 1.54) is 0 Å². The Hall–Kier alpha value is -0.410. The minimum absolute atomic E-state index is 0.0810. The Morgan fingerprint density at radius 3 is 2.57 bits per heavy atom.